The van der Waals surface area contributed by atoms with Crippen molar-refractivity contribution in [3.05, 3.63) is 83.6 Å². The minimum Gasteiger partial charge on any atom is -0.497 e. The Morgan fingerprint density at radius 1 is 1.03 bits per heavy atom. The van der Waals surface area contributed by atoms with Crippen LogP contribution in [0.3, 0.4) is 0 Å². The van der Waals surface area contributed by atoms with Crippen molar-refractivity contribution >= 4 is 5.91 Å². The van der Waals surface area contributed by atoms with Crippen LogP contribution in [0.25, 0.3) is 0 Å². The molecule has 174 valence electrons. The zero-order chi connectivity index (χ0) is 23.0. The van der Waals surface area contributed by atoms with Crippen molar-refractivity contribution in [2.45, 2.75) is 12.6 Å². The molecule has 1 saturated heterocycles. The first kappa shape index (κ1) is 22.8. The van der Waals surface area contributed by atoms with Gasteiger partial charge in [0.05, 0.1) is 26.4 Å². The number of benzene rings is 2. The maximum Gasteiger partial charge on any atom is 0.287 e. The summed E-state index contributed by atoms with van der Waals surface area (Å²) >= 11 is 0. The number of rotatable bonds is 9. The molecule has 0 saturated carbocycles. The maximum atomic E-state index is 13.0. The molecule has 0 radical (unpaired) electrons. The second-order valence-corrected chi connectivity index (χ2v) is 7.66. The quantitative estimate of drug-likeness (QED) is 0.530. The molecular formula is C25H27FN2O5. The number of methoxy groups -OCH3 is 1. The number of ether oxygens (including phenoxy) is 3. The van der Waals surface area contributed by atoms with E-state index in [0.717, 1.165) is 24.4 Å². The van der Waals surface area contributed by atoms with Crippen molar-refractivity contribution in [3.63, 3.8) is 0 Å². The Morgan fingerprint density at radius 3 is 2.42 bits per heavy atom. The second-order valence-electron chi connectivity index (χ2n) is 7.66. The second kappa shape index (κ2) is 11.0. The Hall–Kier alpha value is -3.36. The van der Waals surface area contributed by atoms with Crippen LogP contribution in [0.2, 0.25) is 0 Å². The average Bonchev–Trinajstić information content (AvgIpc) is 3.34. The number of hydrogen-bond acceptors (Lipinski definition) is 6. The minimum atomic E-state index is -0.329. The van der Waals surface area contributed by atoms with E-state index in [4.69, 9.17) is 18.6 Å². The molecule has 1 aliphatic rings. The van der Waals surface area contributed by atoms with Crippen LogP contribution >= 0.6 is 0 Å². The Kier molecular flexibility index (Phi) is 7.59. The highest BCUT2D eigenvalue weighted by Crippen LogP contribution is 2.24. The van der Waals surface area contributed by atoms with Crippen LogP contribution in [-0.4, -0.2) is 50.8 Å². The zero-order valence-electron chi connectivity index (χ0n) is 18.5. The summed E-state index contributed by atoms with van der Waals surface area (Å²) in [5, 5.41) is 2.99. The van der Waals surface area contributed by atoms with Crippen molar-refractivity contribution in [2.24, 2.45) is 0 Å². The van der Waals surface area contributed by atoms with Gasteiger partial charge in [-0.2, -0.15) is 0 Å². The molecule has 2 heterocycles. The van der Waals surface area contributed by atoms with E-state index in [1.807, 2.05) is 24.3 Å². The van der Waals surface area contributed by atoms with Crippen molar-refractivity contribution in [1.29, 1.82) is 0 Å². The van der Waals surface area contributed by atoms with Crippen molar-refractivity contribution < 1.29 is 27.8 Å². The smallest absolute Gasteiger partial charge is 0.287 e. The Morgan fingerprint density at radius 2 is 1.73 bits per heavy atom. The molecule has 1 N–H and O–H groups in total. The van der Waals surface area contributed by atoms with Gasteiger partial charge in [0, 0.05) is 19.6 Å². The van der Waals surface area contributed by atoms with Gasteiger partial charge < -0.3 is 23.9 Å². The zero-order valence-corrected chi connectivity index (χ0v) is 18.5. The summed E-state index contributed by atoms with van der Waals surface area (Å²) in [6, 6.07) is 16.9. The largest absolute Gasteiger partial charge is 0.497 e. The molecule has 0 aliphatic carbocycles. The summed E-state index contributed by atoms with van der Waals surface area (Å²) in [6.07, 6.45) is 0. The summed E-state index contributed by atoms with van der Waals surface area (Å²) in [5.41, 5.74) is 1.09. The van der Waals surface area contributed by atoms with E-state index in [0.29, 0.717) is 31.3 Å². The van der Waals surface area contributed by atoms with Gasteiger partial charge in [-0.3, -0.25) is 9.69 Å². The highest BCUT2D eigenvalue weighted by atomic mass is 19.1. The normalized spacial score (nSPS) is 15.1. The van der Waals surface area contributed by atoms with E-state index in [9.17, 15) is 9.18 Å². The van der Waals surface area contributed by atoms with Crippen molar-refractivity contribution in [1.82, 2.24) is 10.2 Å². The monoisotopic (exact) mass is 454 g/mol. The SMILES string of the molecule is COc1ccc(C(CNC(=O)c2ccc(COc3ccc(F)cc3)o2)N2CCOCC2)cc1. The molecule has 3 aromatic rings. The lowest BCUT2D eigenvalue weighted by Gasteiger charge is -2.34. The van der Waals surface area contributed by atoms with Crippen LogP contribution < -0.4 is 14.8 Å². The number of hydrogen-bond donors (Lipinski definition) is 1. The van der Waals surface area contributed by atoms with E-state index in [1.54, 1.807) is 19.2 Å². The van der Waals surface area contributed by atoms with Gasteiger partial charge in [0.25, 0.3) is 5.91 Å². The number of carbonyl (C=O) groups excluding carboxylic acids is 1. The number of carbonyl (C=O) groups is 1. The fourth-order valence-corrected chi connectivity index (χ4v) is 3.71. The molecule has 1 aliphatic heterocycles. The van der Waals surface area contributed by atoms with E-state index in [1.165, 1.54) is 24.3 Å². The van der Waals surface area contributed by atoms with E-state index >= 15 is 0 Å². The van der Waals surface area contributed by atoms with Crippen LogP contribution in [0, 0.1) is 5.82 Å². The van der Waals surface area contributed by atoms with E-state index in [2.05, 4.69) is 10.2 Å². The third-order valence-corrected chi connectivity index (χ3v) is 5.52. The molecule has 1 fully saturated rings. The van der Waals surface area contributed by atoms with Crippen LogP contribution in [0.1, 0.15) is 27.9 Å². The molecule has 8 heteroatoms. The predicted molar refractivity (Wildman–Crippen MR) is 120 cm³/mol. The maximum absolute atomic E-state index is 13.0. The number of nitrogens with zero attached hydrogens (tertiary/aromatic N) is 1. The van der Waals surface area contributed by atoms with Crippen LogP contribution in [0.4, 0.5) is 4.39 Å². The first-order chi connectivity index (χ1) is 16.1. The van der Waals surface area contributed by atoms with Gasteiger partial charge in [-0.05, 0) is 54.1 Å². The number of furan rings is 1. The van der Waals surface area contributed by atoms with Gasteiger partial charge in [0.2, 0.25) is 0 Å². The van der Waals surface area contributed by atoms with Crippen LogP contribution in [-0.2, 0) is 11.3 Å². The highest BCUT2D eigenvalue weighted by molar-refractivity contribution is 5.91. The van der Waals surface area contributed by atoms with Crippen LogP contribution in [0.5, 0.6) is 11.5 Å². The summed E-state index contributed by atoms with van der Waals surface area (Å²) in [5.74, 6) is 1.40. The molecule has 0 spiro atoms. The van der Waals surface area contributed by atoms with Gasteiger partial charge in [0.15, 0.2) is 5.76 Å². The molecular weight excluding hydrogens is 427 g/mol. The average molecular weight is 454 g/mol. The Bertz CT molecular complexity index is 1030. The predicted octanol–water partition coefficient (Wildman–Crippen LogP) is 3.81. The summed E-state index contributed by atoms with van der Waals surface area (Å²) in [4.78, 5) is 15.0. The van der Waals surface area contributed by atoms with Gasteiger partial charge in [-0.15, -0.1) is 0 Å². The van der Waals surface area contributed by atoms with Gasteiger partial charge in [0.1, 0.15) is 29.7 Å². The third-order valence-electron chi connectivity index (χ3n) is 5.52. The Labute approximate surface area is 192 Å². The summed E-state index contributed by atoms with van der Waals surface area (Å²) in [6.45, 7) is 3.47. The number of morpholine rings is 1. The first-order valence-electron chi connectivity index (χ1n) is 10.8. The van der Waals surface area contributed by atoms with Gasteiger partial charge in [-0.25, -0.2) is 4.39 Å². The van der Waals surface area contributed by atoms with E-state index in [-0.39, 0.29) is 30.1 Å². The molecule has 2 aromatic carbocycles. The number of amides is 1. The molecule has 1 aromatic heterocycles. The molecule has 4 rings (SSSR count). The van der Waals surface area contributed by atoms with Crippen molar-refractivity contribution in [3.8, 4) is 11.5 Å². The standard InChI is InChI=1S/C25H27FN2O5/c1-30-20-6-2-18(3-7-20)23(28-12-14-31-15-13-28)16-27-25(29)24-11-10-22(33-24)17-32-21-8-4-19(26)5-9-21/h2-11,23H,12-17H2,1H3,(H,27,29). The van der Waals surface area contributed by atoms with E-state index < -0.39 is 0 Å². The lowest BCUT2D eigenvalue weighted by Crippen LogP contribution is -2.43. The highest BCUT2D eigenvalue weighted by Gasteiger charge is 2.24. The van der Waals surface area contributed by atoms with Gasteiger partial charge in [-0.1, -0.05) is 12.1 Å². The molecule has 33 heavy (non-hydrogen) atoms. The molecule has 1 unspecified atom stereocenters. The minimum absolute atomic E-state index is 0.00000165. The van der Waals surface area contributed by atoms with Gasteiger partial charge >= 0.3 is 0 Å². The third kappa shape index (κ3) is 6.12. The van der Waals surface area contributed by atoms with Crippen LogP contribution in [0.15, 0.2) is 65.1 Å². The summed E-state index contributed by atoms with van der Waals surface area (Å²) in [7, 11) is 1.64. The molecule has 1 atom stereocenters. The summed E-state index contributed by atoms with van der Waals surface area (Å²) < 4.78 is 35.0. The number of halogens is 1. The molecule has 1 amide bonds. The first-order valence-corrected chi connectivity index (χ1v) is 10.8. The Balaban J connectivity index is 1.37. The fourth-order valence-electron chi connectivity index (χ4n) is 3.71. The lowest BCUT2D eigenvalue weighted by molar-refractivity contribution is 0.0161. The number of nitrogens with one attached hydrogen (secondary N) is 1. The lowest BCUT2D eigenvalue weighted by atomic mass is 10.0. The topological polar surface area (TPSA) is 73.2 Å². The molecule has 0 bridgehead atoms. The molecule has 7 nitrogen and oxygen atoms in total. The fraction of sp³-hybridized carbons (Fsp3) is 0.320. The van der Waals surface area contributed by atoms with Crippen molar-refractivity contribution in [2.75, 3.05) is 40.0 Å².